The number of rotatable bonds is 5. The lowest BCUT2D eigenvalue weighted by atomic mass is 10.1. The first kappa shape index (κ1) is 14.4. The summed E-state index contributed by atoms with van der Waals surface area (Å²) in [6.45, 7) is 1.92. The third-order valence-corrected chi connectivity index (χ3v) is 3.73. The van der Waals surface area contributed by atoms with Gasteiger partial charge in [0.1, 0.15) is 0 Å². The minimum Gasteiger partial charge on any atom is -0.375 e. The van der Waals surface area contributed by atoms with E-state index in [-0.39, 0.29) is 17.2 Å². The molecule has 1 heterocycles. The highest BCUT2D eigenvalue weighted by molar-refractivity contribution is 9.10. The molecule has 5 nitrogen and oxygen atoms in total. The van der Waals surface area contributed by atoms with Crippen LogP contribution in [0.2, 0.25) is 0 Å². The van der Waals surface area contributed by atoms with Gasteiger partial charge in [-0.25, -0.2) is 0 Å². The Morgan fingerprint density at radius 3 is 3.00 bits per heavy atom. The Kier molecular flexibility index (Phi) is 5.30. The molecule has 6 heteroatoms. The number of nitro groups is 1. The van der Waals surface area contributed by atoms with Crippen molar-refractivity contribution in [1.29, 1.82) is 0 Å². The van der Waals surface area contributed by atoms with E-state index >= 15 is 0 Å². The van der Waals surface area contributed by atoms with Crippen molar-refractivity contribution in [2.45, 2.75) is 31.9 Å². The number of ether oxygens (including phenoxy) is 1. The van der Waals surface area contributed by atoms with Gasteiger partial charge in [-0.2, -0.15) is 0 Å². The second-order valence-corrected chi connectivity index (χ2v) is 5.61. The average Bonchev–Trinajstić information content (AvgIpc) is 2.41. The van der Waals surface area contributed by atoms with Crippen molar-refractivity contribution in [3.8, 4) is 0 Å². The van der Waals surface area contributed by atoms with E-state index in [1.807, 2.05) is 0 Å². The fourth-order valence-corrected chi connectivity index (χ4v) is 2.56. The van der Waals surface area contributed by atoms with Crippen LogP contribution < -0.4 is 5.32 Å². The van der Waals surface area contributed by atoms with E-state index < -0.39 is 0 Å². The van der Waals surface area contributed by atoms with Gasteiger partial charge in [0.25, 0.3) is 5.69 Å². The molecule has 0 amide bonds. The third-order valence-electron chi connectivity index (χ3n) is 3.23. The van der Waals surface area contributed by atoms with E-state index in [2.05, 4.69) is 21.2 Å². The van der Waals surface area contributed by atoms with Crippen molar-refractivity contribution in [2.75, 3.05) is 13.2 Å². The summed E-state index contributed by atoms with van der Waals surface area (Å²) in [5.41, 5.74) is 0.718. The van der Waals surface area contributed by atoms with Crippen LogP contribution in [0.1, 0.15) is 24.8 Å². The van der Waals surface area contributed by atoms with Crippen molar-refractivity contribution in [3.05, 3.63) is 38.3 Å². The summed E-state index contributed by atoms with van der Waals surface area (Å²) in [7, 11) is 0. The molecule has 1 saturated heterocycles. The minimum atomic E-state index is -0.373. The predicted octanol–water partition coefficient (Wildman–Crippen LogP) is 3.02. The normalized spacial score (nSPS) is 19.3. The minimum absolute atomic E-state index is 0.103. The lowest BCUT2D eigenvalue weighted by molar-refractivity contribution is -0.386. The summed E-state index contributed by atoms with van der Waals surface area (Å²) in [4.78, 5) is 10.6. The van der Waals surface area contributed by atoms with Gasteiger partial charge in [-0.1, -0.05) is 22.4 Å². The molecule has 2 rings (SSSR count). The molecule has 1 fully saturated rings. The van der Waals surface area contributed by atoms with Crippen LogP contribution in [0.25, 0.3) is 0 Å². The Labute approximate surface area is 120 Å². The van der Waals surface area contributed by atoms with Gasteiger partial charge in [-0.15, -0.1) is 0 Å². The molecular weight excluding hydrogens is 312 g/mol. The van der Waals surface area contributed by atoms with Gasteiger partial charge < -0.3 is 10.1 Å². The number of hydrogen-bond donors (Lipinski definition) is 1. The number of nitrogens with zero attached hydrogens (tertiary/aromatic N) is 1. The molecule has 0 spiro atoms. The maximum atomic E-state index is 11.0. The van der Waals surface area contributed by atoms with Gasteiger partial charge >= 0.3 is 0 Å². The Hall–Kier alpha value is -0.980. The number of benzene rings is 1. The molecule has 1 atom stereocenters. The molecule has 1 aliphatic rings. The van der Waals surface area contributed by atoms with Crippen molar-refractivity contribution in [1.82, 2.24) is 5.32 Å². The van der Waals surface area contributed by atoms with Gasteiger partial charge in [-0.3, -0.25) is 10.1 Å². The molecule has 104 valence electrons. The largest absolute Gasteiger partial charge is 0.375 e. The van der Waals surface area contributed by atoms with Crippen LogP contribution in [0.3, 0.4) is 0 Å². The standard InChI is InChI=1S/C13H17BrN2O3/c14-11-5-4-10(13(7-11)16(17)18)8-19-9-12-3-1-2-6-15-12/h4-5,7,12,15H,1-3,6,8-9H2. The summed E-state index contributed by atoms with van der Waals surface area (Å²) in [6, 6.07) is 5.42. The quantitative estimate of drug-likeness (QED) is 0.666. The Balaban J connectivity index is 1.89. The van der Waals surface area contributed by atoms with E-state index in [4.69, 9.17) is 4.74 Å². The van der Waals surface area contributed by atoms with E-state index in [0.29, 0.717) is 22.7 Å². The number of nitro benzene ring substituents is 1. The third kappa shape index (κ3) is 4.26. The Morgan fingerprint density at radius 1 is 1.47 bits per heavy atom. The fraction of sp³-hybridized carbons (Fsp3) is 0.538. The van der Waals surface area contributed by atoms with Gasteiger partial charge in [-0.05, 0) is 31.5 Å². The van der Waals surface area contributed by atoms with E-state index in [1.54, 1.807) is 12.1 Å². The molecule has 0 radical (unpaired) electrons. The highest BCUT2D eigenvalue weighted by Crippen LogP contribution is 2.24. The van der Waals surface area contributed by atoms with Gasteiger partial charge in [0.05, 0.1) is 23.7 Å². The lowest BCUT2D eigenvalue weighted by Crippen LogP contribution is -2.37. The zero-order valence-corrected chi connectivity index (χ0v) is 12.2. The molecule has 1 unspecified atom stereocenters. The topological polar surface area (TPSA) is 64.4 Å². The van der Waals surface area contributed by atoms with Crippen LogP contribution in [-0.2, 0) is 11.3 Å². The van der Waals surface area contributed by atoms with Crippen molar-refractivity contribution in [2.24, 2.45) is 0 Å². The van der Waals surface area contributed by atoms with Crippen LogP contribution in [0.5, 0.6) is 0 Å². The SMILES string of the molecule is O=[N+]([O-])c1cc(Br)ccc1COCC1CCCCN1. The second-order valence-electron chi connectivity index (χ2n) is 4.69. The van der Waals surface area contributed by atoms with Crippen molar-refractivity contribution in [3.63, 3.8) is 0 Å². The first-order valence-electron chi connectivity index (χ1n) is 6.41. The summed E-state index contributed by atoms with van der Waals surface area (Å²) >= 11 is 3.24. The van der Waals surface area contributed by atoms with Crippen LogP contribution in [0, 0.1) is 10.1 Å². The van der Waals surface area contributed by atoms with Gasteiger partial charge in [0.2, 0.25) is 0 Å². The predicted molar refractivity (Wildman–Crippen MR) is 76.1 cm³/mol. The highest BCUT2D eigenvalue weighted by atomic mass is 79.9. The molecule has 19 heavy (non-hydrogen) atoms. The summed E-state index contributed by atoms with van der Waals surface area (Å²) < 4.78 is 6.31. The lowest BCUT2D eigenvalue weighted by Gasteiger charge is -2.23. The van der Waals surface area contributed by atoms with Crippen LogP contribution in [-0.4, -0.2) is 24.1 Å². The molecule has 0 aliphatic carbocycles. The fourth-order valence-electron chi connectivity index (χ4n) is 2.21. The van der Waals surface area contributed by atoms with Crippen LogP contribution >= 0.6 is 15.9 Å². The smallest absolute Gasteiger partial charge is 0.276 e. The summed E-state index contributed by atoms with van der Waals surface area (Å²) in [5, 5.41) is 14.3. The van der Waals surface area contributed by atoms with E-state index in [9.17, 15) is 10.1 Å². The molecule has 1 N–H and O–H groups in total. The number of hydrogen-bond acceptors (Lipinski definition) is 4. The molecular formula is C13H17BrN2O3. The van der Waals surface area contributed by atoms with Gasteiger partial charge in [0.15, 0.2) is 0 Å². The van der Waals surface area contributed by atoms with Crippen molar-refractivity contribution < 1.29 is 9.66 Å². The second kappa shape index (κ2) is 6.98. The molecule has 0 bridgehead atoms. The Morgan fingerprint density at radius 2 is 2.32 bits per heavy atom. The monoisotopic (exact) mass is 328 g/mol. The first-order valence-corrected chi connectivity index (χ1v) is 7.20. The maximum absolute atomic E-state index is 11.0. The summed E-state index contributed by atoms with van der Waals surface area (Å²) in [6.07, 6.45) is 3.55. The molecule has 1 aliphatic heterocycles. The average molecular weight is 329 g/mol. The van der Waals surface area contributed by atoms with Crippen molar-refractivity contribution >= 4 is 21.6 Å². The molecule has 1 aromatic carbocycles. The number of piperidine rings is 1. The molecule has 0 aromatic heterocycles. The Bertz CT molecular complexity index is 448. The molecule has 1 aromatic rings. The number of halogens is 1. The van der Waals surface area contributed by atoms with E-state index in [1.165, 1.54) is 18.9 Å². The van der Waals surface area contributed by atoms with Crippen LogP contribution in [0.4, 0.5) is 5.69 Å². The first-order chi connectivity index (χ1) is 9.16. The van der Waals surface area contributed by atoms with E-state index in [0.717, 1.165) is 13.0 Å². The highest BCUT2D eigenvalue weighted by Gasteiger charge is 2.16. The van der Waals surface area contributed by atoms with Crippen LogP contribution in [0.15, 0.2) is 22.7 Å². The zero-order valence-electron chi connectivity index (χ0n) is 10.6. The van der Waals surface area contributed by atoms with Gasteiger partial charge in [0, 0.05) is 16.6 Å². The number of nitrogens with one attached hydrogen (secondary N) is 1. The summed E-state index contributed by atoms with van der Waals surface area (Å²) in [5.74, 6) is 0. The zero-order chi connectivity index (χ0) is 13.7. The molecule has 0 saturated carbocycles. The maximum Gasteiger partial charge on any atom is 0.276 e.